The van der Waals surface area contributed by atoms with Gasteiger partial charge in [0.05, 0.1) is 0 Å². The molecule has 0 N–H and O–H groups in total. The van der Waals surface area contributed by atoms with Gasteiger partial charge < -0.3 is 0 Å². The first-order chi connectivity index (χ1) is 9.31. The highest BCUT2D eigenvalue weighted by Crippen LogP contribution is 2.18. The van der Waals surface area contributed by atoms with Gasteiger partial charge in [0.25, 0.3) is 0 Å². The molecule has 0 radical (unpaired) electrons. The normalized spacial score (nSPS) is 12.8. The van der Waals surface area contributed by atoms with E-state index in [1.807, 2.05) is 0 Å². The number of halogens is 1. The molecule has 0 heterocycles. The lowest BCUT2D eigenvalue weighted by atomic mass is 10.0. The summed E-state index contributed by atoms with van der Waals surface area (Å²) >= 11 is 6.37. The maximum absolute atomic E-state index is 6.37. The lowest BCUT2D eigenvalue weighted by molar-refractivity contribution is 0.535. The molecular formula is C18H37Cl. The summed E-state index contributed by atoms with van der Waals surface area (Å²) in [6, 6.07) is 0. The van der Waals surface area contributed by atoms with Crippen LogP contribution in [0.3, 0.4) is 0 Å². The van der Waals surface area contributed by atoms with E-state index < -0.39 is 0 Å². The molecule has 1 unspecified atom stereocenters. The van der Waals surface area contributed by atoms with Crippen LogP contribution >= 0.6 is 11.6 Å². The molecule has 0 aliphatic carbocycles. The van der Waals surface area contributed by atoms with Gasteiger partial charge in [-0.2, -0.15) is 0 Å². The largest absolute Gasteiger partial charge is 0.123 e. The first-order valence-electron chi connectivity index (χ1n) is 8.95. The fourth-order valence-corrected chi connectivity index (χ4v) is 2.92. The highest BCUT2D eigenvalue weighted by atomic mass is 35.5. The number of hydrogen-bond donors (Lipinski definition) is 0. The summed E-state index contributed by atoms with van der Waals surface area (Å²) in [5.74, 6) is 0. The van der Waals surface area contributed by atoms with Crippen LogP contribution in [0.25, 0.3) is 0 Å². The summed E-state index contributed by atoms with van der Waals surface area (Å²) in [4.78, 5) is 0. The van der Waals surface area contributed by atoms with Crippen molar-refractivity contribution in [1.82, 2.24) is 0 Å². The molecule has 116 valence electrons. The topological polar surface area (TPSA) is 0 Å². The van der Waals surface area contributed by atoms with Gasteiger partial charge in [-0.25, -0.2) is 0 Å². The minimum atomic E-state index is 0.446. The van der Waals surface area contributed by atoms with E-state index >= 15 is 0 Å². The van der Waals surface area contributed by atoms with Crippen molar-refractivity contribution in [1.29, 1.82) is 0 Å². The molecule has 0 bridgehead atoms. The SMILES string of the molecule is CCCCCCCCCCC(Cl)CCCCCCC. The Morgan fingerprint density at radius 3 is 1.21 bits per heavy atom. The molecular weight excluding hydrogens is 252 g/mol. The first-order valence-corrected chi connectivity index (χ1v) is 9.39. The third-order valence-electron chi connectivity index (χ3n) is 3.99. The van der Waals surface area contributed by atoms with E-state index in [9.17, 15) is 0 Å². The van der Waals surface area contributed by atoms with Gasteiger partial charge in [0.2, 0.25) is 0 Å². The molecule has 1 heteroatoms. The fourth-order valence-electron chi connectivity index (χ4n) is 2.61. The summed E-state index contributed by atoms with van der Waals surface area (Å²) in [6.45, 7) is 4.55. The third kappa shape index (κ3) is 16.2. The van der Waals surface area contributed by atoms with E-state index in [4.69, 9.17) is 11.6 Å². The van der Waals surface area contributed by atoms with Crippen LogP contribution in [0.2, 0.25) is 0 Å². The average molecular weight is 289 g/mol. The summed E-state index contributed by atoms with van der Waals surface area (Å²) in [5.41, 5.74) is 0. The highest BCUT2D eigenvalue weighted by molar-refractivity contribution is 6.20. The van der Waals surface area contributed by atoms with Crippen LogP contribution < -0.4 is 0 Å². The van der Waals surface area contributed by atoms with E-state index in [2.05, 4.69) is 13.8 Å². The number of rotatable bonds is 15. The van der Waals surface area contributed by atoms with Crippen LogP contribution in [-0.4, -0.2) is 5.38 Å². The number of hydrogen-bond acceptors (Lipinski definition) is 0. The monoisotopic (exact) mass is 288 g/mol. The van der Waals surface area contributed by atoms with Crippen molar-refractivity contribution in [2.24, 2.45) is 0 Å². The Bertz CT molecular complexity index is 156. The van der Waals surface area contributed by atoms with Gasteiger partial charge in [0, 0.05) is 5.38 Å². The minimum Gasteiger partial charge on any atom is -0.123 e. The molecule has 0 nitrogen and oxygen atoms in total. The second kappa shape index (κ2) is 16.3. The summed E-state index contributed by atoms with van der Waals surface area (Å²) < 4.78 is 0. The molecule has 0 fully saturated rings. The summed E-state index contributed by atoms with van der Waals surface area (Å²) in [6.07, 6.45) is 20.6. The van der Waals surface area contributed by atoms with Crippen LogP contribution in [0.4, 0.5) is 0 Å². The predicted molar refractivity (Wildman–Crippen MR) is 90.2 cm³/mol. The second-order valence-electron chi connectivity index (χ2n) is 6.06. The maximum atomic E-state index is 6.37. The maximum Gasteiger partial charge on any atom is 0.0336 e. The molecule has 0 aromatic rings. The van der Waals surface area contributed by atoms with Crippen molar-refractivity contribution in [3.8, 4) is 0 Å². The number of alkyl halides is 1. The molecule has 0 amide bonds. The van der Waals surface area contributed by atoms with Crippen LogP contribution in [0.15, 0.2) is 0 Å². The molecule has 0 saturated carbocycles. The third-order valence-corrected chi connectivity index (χ3v) is 4.43. The molecule has 0 saturated heterocycles. The van der Waals surface area contributed by atoms with E-state index in [0.717, 1.165) is 0 Å². The molecule has 0 aliphatic rings. The van der Waals surface area contributed by atoms with Gasteiger partial charge in [-0.05, 0) is 12.8 Å². The smallest absolute Gasteiger partial charge is 0.0336 e. The van der Waals surface area contributed by atoms with Crippen molar-refractivity contribution < 1.29 is 0 Å². The number of unbranched alkanes of at least 4 members (excludes halogenated alkanes) is 11. The Hall–Kier alpha value is 0.290. The molecule has 0 spiro atoms. The van der Waals surface area contributed by atoms with E-state index in [1.54, 1.807) is 0 Å². The summed E-state index contributed by atoms with van der Waals surface area (Å²) in [7, 11) is 0. The fraction of sp³-hybridized carbons (Fsp3) is 1.00. The Morgan fingerprint density at radius 2 is 0.842 bits per heavy atom. The molecule has 1 atom stereocenters. The van der Waals surface area contributed by atoms with Crippen molar-refractivity contribution in [3.63, 3.8) is 0 Å². The minimum absolute atomic E-state index is 0.446. The quantitative estimate of drug-likeness (QED) is 0.216. The predicted octanol–water partition coefficient (Wildman–Crippen LogP) is 7.49. The highest BCUT2D eigenvalue weighted by Gasteiger charge is 2.03. The Balaban J connectivity index is 3.09. The van der Waals surface area contributed by atoms with Gasteiger partial charge in [-0.15, -0.1) is 11.6 Å². The van der Waals surface area contributed by atoms with Gasteiger partial charge in [0.15, 0.2) is 0 Å². The van der Waals surface area contributed by atoms with Crippen molar-refractivity contribution in [3.05, 3.63) is 0 Å². The standard InChI is InChI=1S/C18H37Cl/c1-3-5-7-9-10-11-13-15-17-18(19)16-14-12-8-6-4-2/h18H,3-17H2,1-2H3. The summed E-state index contributed by atoms with van der Waals surface area (Å²) in [5, 5.41) is 0.446. The Labute approximate surface area is 127 Å². The average Bonchev–Trinajstić information content (AvgIpc) is 2.41. The molecule has 0 aromatic carbocycles. The van der Waals surface area contributed by atoms with Crippen molar-refractivity contribution in [2.75, 3.05) is 0 Å². The molecule has 0 aromatic heterocycles. The van der Waals surface area contributed by atoms with E-state index in [0.29, 0.717) is 5.38 Å². The molecule has 0 aliphatic heterocycles. The Kier molecular flexibility index (Phi) is 16.6. The lowest BCUT2D eigenvalue weighted by Crippen LogP contribution is -1.98. The van der Waals surface area contributed by atoms with Gasteiger partial charge in [0.1, 0.15) is 0 Å². The first kappa shape index (κ1) is 19.3. The molecule has 0 rings (SSSR count). The van der Waals surface area contributed by atoms with E-state index in [1.165, 1.54) is 96.3 Å². The second-order valence-corrected chi connectivity index (χ2v) is 6.68. The zero-order valence-corrected chi connectivity index (χ0v) is 14.3. The molecule has 19 heavy (non-hydrogen) atoms. The van der Waals surface area contributed by atoms with Crippen molar-refractivity contribution in [2.45, 2.75) is 116 Å². The van der Waals surface area contributed by atoms with Gasteiger partial charge in [-0.3, -0.25) is 0 Å². The van der Waals surface area contributed by atoms with Crippen LogP contribution in [0.5, 0.6) is 0 Å². The van der Waals surface area contributed by atoms with E-state index in [-0.39, 0.29) is 0 Å². The Morgan fingerprint density at radius 1 is 0.526 bits per heavy atom. The van der Waals surface area contributed by atoms with Crippen LogP contribution in [0, 0.1) is 0 Å². The van der Waals surface area contributed by atoms with Crippen molar-refractivity contribution >= 4 is 11.6 Å². The zero-order chi connectivity index (χ0) is 14.2. The van der Waals surface area contributed by atoms with Crippen LogP contribution in [-0.2, 0) is 0 Å². The van der Waals surface area contributed by atoms with Gasteiger partial charge in [-0.1, -0.05) is 97.3 Å². The lowest BCUT2D eigenvalue weighted by Gasteiger charge is -2.09. The van der Waals surface area contributed by atoms with Crippen LogP contribution in [0.1, 0.15) is 110 Å². The van der Waals surface area contributed by atoms with Gasteiger partial charge >= 0.3 is 0 Å². The zero-order valence-electron chi connectivity index (χ0n) is 13.6.